The highest BCUT2D eigenvalue weighted by Gasteiger charge is 2.41. The highest BCUT2D eigenvalue weighted by atomic mass is 79.9. The average Bonchev–Trinajstić information content (AvgIpc) is 2.88. The summed E-state index contributed by atoms with van der Waals surface area (Å²) in [6, 6.07) is 14.9. The van der Waals surface area contributed by atoms with Crippen molar-refractivity contribution in [2.45, 2.75) is 39.2 Å². The summed E-state index contributed by atoms with van der Waals surface area (Å²) < 4.78 is 1.05. The average molecular weight is 397 g/mol. The topological polar surface area (TPSA) is 32.7 Å². The first kappa shape index (κ1) is 16.5. The Morgan fingerprint density at radius 2 is 1.96 bits per heavy atom. The second-order valence-corrected chi connectivity index (χ2v) is 7.92. The van der Waals surface area contributed by atoms with E-state index in [1.165, 1.54) is 16.7 Å². The van der Waals surface area contributed by atoms with Gasteiger partial charge in [0.05, 0.1) is 11.8 Å². The SMILES string of the molecule is CC(=O)N1N=C2c3cc(C)ccc3CCC[C@H]2[C@@H]1c1ccc(Br)cc1. The molecule has 2 aliphatic rings. The fraction of sp³-hybridized carbons (Fsp3) is 0.333. The van der Waals surface area contributed by atoms with Crippen molar-refractivity contribution >= 4 is 27.5 Å². The Morgan fingerprint density at radius 1 is 1.20 bits per heavy atom. The molecule has 2 atom stereocenters. The Hall–Kier alpha value is -1.94. The Balaban J connectivity index is 1.84. The van der Waals surface area contributed by atoms with Crippen LogP contribution in [-0.4, -0.2) is 16.6 Å². The maximum Gasteiger partial charge on any atom is 0.240 e. The fourth-order valence-electron chi connectivity index (χ4n) is 4.08. The first-order chi connectivity index (χ1) is 12.0. The van der Waals surface area contributed by atoms with Crippen LogP contribution in [0.25, 0.3) is 0 Å². The van der Waals surface area contributed by atoms with Gasteiger partial charge >= 0.3 is 0 Å². The lowest BCUT2D eigenvalue weighted by Crippen LogP contribution is -2.29. The van der Waals surface area contributed by atoms with E-state index in [9.17, 15) is 4.79 Å². The number of rotatable bonds is 1. The lowest BCUT2D eigenvalue weighted by molar-refractivity contribution is -0.131. The van der Waals surface area contributed by atoms with Gasteiger partial charge < -0.3 is 0 Å². The molecule has 1 amide bonds. The Kier molecular flexibility index (Phi) is 4.24. The monoisotopic (exact) mass is 396 g/mol. The van der Waals surface area contributed by atoms with E-state index in [2.05, 4.69) is 53.2 Å². The first-order valence-corrected chi connectivity index (χ1v) is 9.57. The highest BCUT2D eigenvalue weighted by Crippen LogP contribution is 2.43. The van der Waals surface area contributed by atoms with Crippen molar-refractivity contribution in [2.24, 2.45) is 11.0 Å². The van der Waals surface area contributed by atoms with Crippen LogP contribution < -0.4 is 0 Å². The van der Waals surface area contributed by atoms with Crippen LogP contribution in [0.15, 0.2) is 52.0 Å². The van der Waals surface area contributed by atoms with Gasteiger partial charge in [0, 0.05) is 22.9 Å². The van der Waals surface area contributed by atoms with Crippen LogP contribution in [0.4, 0.5) is 0 Å². The number of aryl methyl sites for hydroxylation is 2. The highest BCUT2D eigenvalue weighted by molar-refractivity contribution is 9.10. The van der Waals surface area contributed by atoms with Crippen LogP contribution in [0, 0.1) is 12.8 Å². The lowest BCUT2D eigenvalue weighted by Gasteiger charge is -2.26. The van der Waals surface area contributed by atoms with E-state index in [1.54, 1.807) is 11.9 Å². The van der Waals surface area contributed by atoms with E-state index in [4.69, 9.17) is 5.10 Å². The maximum absolute atomic E-state index is 12.3. The third-order valence-corrected chi connectivity index (χ3v) is 5.78. The molecular weight excluding hydrogens is 376 g/mol. The number of hydrogen-bond donors (Lipinski definition) is 0. The number of carbonyl (C=O) groups is 1. The molecule has 0 fully saturated rings. The van der Waals surface area contributed by atoms with Gasteiger partial charge in [-0.25, -0.2) is 5.01 Å². The zero-order chi connectivity index (χ0) is 17.6. The predicted octanol–water partition coefficient (Wildman–Crippen LogP) is 5.02. The summed E-state index contributed by atoms with van der Waals surface area (Å²) >= 11 is 3.50. The van der Waals surface area contributed by atoms with Gasteiger partial charge in [-0.05, 0) is 55.5 Å². The second-order valence-electron chi connectivity index (χ2n) is 7.00. The normalized spacial score (nSPS) is 22.0. The van der Waals surface area contributed by atoms with Crippen molar-refractivity contribution in [3.05, 3.63) is 69.2 Å². The van der Waals surface area contributed by atoms with E-state index >= 15 is 0 Å². The Bertz CT molecular complexity index is 857. The molecule has 0 saturated heterocycles. The van der Waals surface area contributed by atoms with Crippen LogP contribution in [0.1, 0.15) is 48.1 Å². The van der Waals surface area contributed by atoms with E-state index in [0.717, 1.165) is 35.0 Å². The van der Waals surface area contributed by atoms with Crippen LogP contribution >= 0.6 is 15.9 Å². The van der Waals surface area contributed by atoms with E-state index in [0.29, 0.717) is 0 Å². The molecule has 2 aromatic carbocycles. The number of amides is 1. The standard InChI is InChI=1S/C21H21BrN2O/c1-13-6-7-15-4-3-5-18-20(19(15)12-13)23-24(14(2)25)21(18)16-8-10-17(22)11-9-16/h6-12,18,21H,3-5H2,1-2H3/t18-,21+/m1/s1. The molecule has 128 valence electrons. The van der Waals surface area contributed by atoms with Crippen molar-refractivity contribution in [1.29, 1.82) is 0 Å². The number of hydrogen-bond acceptors (Lipinski definition) is 2. The lowest BCUT2D eigenvalue weighted by atomic mass is 9.85. The smallest absolute Gasteiger partial charge is 0.240 e. The molecule has 0 N–H and O–H groups in total. The summed E-state index contributed by atoms with van der Waals surface area (Å²) in [5.74, 6) is 0.260. The summed E-state index contributed by atoms with van der Waals surface area (Å²) in [5, 5.41) is 6.52. The van der Waals surface area contributed by atoms with Gasteiger partial charge in [0.25, 0.3) is 0 Å². The number of hydrazone groups is 1. The molecule has 25 heavy (non-hydrogen) atoms. The third-order valence-electron chi connectivity index (χ3n) is 5.25. The molecule has 1 heterocycles. The minimum Gasteiger partial charge on any atom is -0.273 e. The van der Waals surface area contributed by atoms with Crippen LogP contribution in [0.2, 0.25) is 0 Å². The van der Waals surface area contributed by atoms with Gasteiger partial charge in [0.15, 0.2) is 0 Å². The van der Waals surface area contributed by atoms with Gasteiger partial charge in [-0.3, -0.25) is 4.79 Å². The largest absolute Gasteiger partial charge is 0.273 e. The van der Waals surface area contributed by atoms with E-state index in [1.807, 2.05) is 12.1 Å². The number of carbonyl (C=O) groups excluding carboxylic acids is 1. The second kappa shape index (κ2) is 6.41. The summed E-state index contributed by atoms with van der Waals surface area (Å²) in [6.07, 6.45) is 3.26. The molecule has 0 unspecified atom stereocenters. The van der Waals surface area contributed by atoms with Crippen LogP contribution in [-0.2, 0) is 11.2 Å². The van der Waals surface area contributed by atoms with Crippen molar-refractivity contribution in [2.75, 3.05) is 0 Å². The summed E-state index contributed by atoms with van der Waals surface area (Å²) in [5.41, 5.74) is 6.06. The quantitative estimate of drug-likeness (QED) is 0.665. The predicted molar refractivity (Wildman–Crippen MR) is 104 cm³/mol. The summed E-state index contributed by atoms with van der Waals surface area (Å²) in [6.45, 7) is 3.73. The van der Waals surface area contributed by atoms with Crippen LogP contribution in [0.3, 0.4) is 0 Å². The van der Waals surface area contributed by atoms with Crippen molar-refractivity contribution in [3.63, 3.8) is 0 Å². The van der Waals surface area contributed by atoms with Crippen molar-refractivity contribution < 1.29 is 4.79 Å². The number of halogens is 1. The zero-order valence-corrected chi connectivity index (χ0v) is 16.1. The number of fused-ring (bicyclic) bond motifs is 3. The molecule has 3 nitrogen and oxygen atoms in total. The fourth-order valence-corrected chi connectivity index (χ4v) is 4.34. The molecule has 0 saturated carbocycles. The minimum absolute atomic E-state index is 0.00250. The van der Waals surface area contributed by atoms with Gasteiger partial charge in [-0.2, -0.15) is 5.10 Å². The molecule has 1 aliphatic heterocycles. The third kappa shape index (κ3) is 2.93. The van der Waals surface area contributed by atoms with Crippen LogP contribution in [0.5, 0.6) is 0 Å². The molecular formula is C21H21BrN2O. The first-order valence-electron chi connectivity index (χ1n) is 8.78. The molecule has 4 heteroatoms. The Labute approximate surface area is 156 Å². The molecule has 0 radical (unpaired) electrons. The molecule has 0 spiro atoms. The van der Waals surface area contributed by atoms with Gasteiger partial charge in [0.1, 0.15) is 0 Å². The van der Waals surface area contributed by atoms with Crippen molar-refractivity contribution in [1.82, 2.24) is 5.01 Å². The van der Waals surface area contributed by atoms with Crippen molar-refractivity contribution in [3.8, 4) is 0 Å². The molecule has 0 aromatic heterocycles. The Morgan fingerprint density at radius 3 is 2.68 bits per heavy atom. The minimum atomic E-state index is -0.00735. The van der Waals surface area contributed by atoms with E-state index in [-0.39, 0.29) is 17.9 Å². The number of benzene rings is 2. The van der Waals surface area contributed by atoms with Gasteiger partial charge in [0.2, 0.25) is 5.91 Å². The molecule has 2 aromatic rings. The number of nitrogens with zero attached hydrogens (tertiary/aromatic N) is 2. The summed E-state index contributed by atoms with van der Waals surface area (Å²) in [7, 11) is 0. The maximum atomic E-state index is 12.3. The molecule has 1 aliphatic carbocycles. The zero-order valence-electron chi connectivity index (χ0n) is 14.5. The van der Waals surface area contributed by atoms with E-state index < -0.39 is 0 Å². The van der Waals surface area contributed by atoms with Gasteiger partial charge in [-0.15, -0.1) is 0 Å². The van der Waals surface area contributed by atoms with Gasteiger partial charge in [-0.1, -0.05) is 45.8 Å². The molecule has 4 rings (SSSR count). The molecule has 0 bridgehead atoms. The summed E-state index contributed by atoms with van der Waals surface area (Å²) in [4.78, 5) is 12.3.